The van der Waals surface area contributed by atoms with Crippen LogP contribution >= 0.6 is 23.6 Å². The third-order valence-corrected chi connectivity index (χ3v) is 2.80. The van der Waals surface area contributed by atoms with E-state index in [9.17, 15) is 0 Å². The molecule has 1 nitrogen and oxygen atoms in total. The molecule has 1 aromatic carbocycles. The average Bonchev–Trinajstić information content (AvgIpc) is 2.31. The molecular formula is C13H11Cl2N. The summed E-state index contributed by atoms with van der Waals surface area (Å²) >= 11 is 11.6. The Bertz CT molecular complexity index is 433. The number of halogens is 2. The lowest BCUT2D eigenvalue weighted by atomic mass is 10.0. The van der Waals surface area contributed by atoms with Crippen LogP contribution in [-0.4, -0.2) is 9.98 Å². The molecule has 1 aromatic rings. The van der Waals surface area contributed by atoms with Gasteiger partial charge in [-0.25, -0.2) is 0 Å². The van der Waals surface area contributed by atoms with E-state index in [1.54, 1.807) is 0 Å². The molecule has 1 unspecified atom stereocenters. The Morgan fingerprint density at radius 3 is 2.50 bits per heavy atom. The van der Waals surface area contributed by atoms with Gasteiger partial charge in [-0.3, -0.25) is 0 Å². The summed E-state index contributed by atoms with van der Waals surface area (Å²) in [5.41, 5.74) is 2.20. The molecule has 82 valence electrons. The van der Waals surface area contributed by atoms with Crippen LogP contribution in [0.3, 0.4) is 0 Å². The van der Waals surface area contributed by atoms with Crippen LogP contribution in [0.5, 0.6) is 0 Å². The Kier molecular flexibility index (Phi) is 3.83. The molecule has 0 aromatic heterocycles. The molecule has 3 heteroatoms. The van der Waals surface area contributed by atoms with Crippen molar-refractivity contribution in [2.24, 2.45) is 0 Å². The van der Waals surface area contributed by atoms with Crippen molar-refractivity contribution in [2.75, 3.05) is 0 Å². The zero-order valence-electron chi connectivity index (χ0n) is 8.55. The molecule has 1 aliphatic rings. The van der Waals surface area contributed by atoms with Gasteiger partial charge in [0.15, 0.2) is 0 Å². The molecule has 0 saturated carbocycles. The summed E-state index contributed by atoms with van der Waals surface area (Å²) in [6, 6.07) is 10.00. The van der Waals surface area contributed by atoms with E-state index in [0.29, 0.717) is 0 Å². The minimum absolute atomic E-state index is 0.0893. The smallest absolute Gasteiger partial charge is 0.0849 e. The van der Waals surface area contributed by atoms with E-state index in [0.717, 1.165) is 15.1 Å². The predicted octanol–water partition coefficient (Wildman–Crippen LogP) is 4.17. The van der Waals surface area contributed by atoms with Crippen molar-refractivity contribution in [2.45, 2.75) is 6.04 Å². The lowest BCUT2D eigenvalue weighted by Crippen LogP contribution is -2.19. The number of hydrogen-bond acceptors (Lipinski definition) is 1. The van der Waals surface area contributed by atoms with Gasteiger partial charge >= 0.3 is 0 Å². The minimum Gasteiger partial charge on any atom is -0.120 e. The monoisotopic (exact) mass is 251 g/mol. The first-order valence-electron chi connectivity index (χ1n) is 4.99. The molecule has 0 bridgehead atoms. The molecule has 0 amide bonds. The van der Waals surface area contributed by atoms with E-state index in [1.165, 1.54) is 0 Å². The first kappa shape index (κ1) is 11.5. The van der Waals surface area contributed by atoms with Gasteiger partial charge in [0.25, 0.3) is 0 Å². The molecule has 0 fully saturated rings. The standard InChI is InChI=1S/C13H11Cl2N/c14-16(15)13-9-5-4-8-12(13)10-11-6-2-1-3-7-11/h1-10,13H. The molecule has 0 N–H and O–H groups in total. The van der Waals surface area contributed by atoms with Gasteiger partial charge in [0.2, 0.25) is 0 Å². The number of benzene rings is 1. The van der Waals surface area contributed by atoms with Gasteiger partial charge in [0, 0.05) is 0 Å². The van der Waals surface area contributed by atoms with Gasteiger partial charge in [-0.2, -0.15) is 0 Å². The summed E-state index contributed by atoms with van der Waals surface area (Å²) in [4.78, 5) is 0. The van der Waals surface area contributed by atoms with Crippen LogP contribution in [0.2, 0.25) is 0 Å². The van der Waals surface area contributed by atoms with Crippen molar-refractivity contribution in [3.05, 3.63) is 65.8 Å². The van der Waals surface area contributed by atoms with E-state index in [1.807, 2.05) is 54.6 Å². The summed E-state index contributed by atoms with van der Waals surface area (Å²) in [6.45, 7) is 0. The third kappa shape index (κ3) is 2.76. The summed E-state index contributed by atoms with van der Waals surface area (Å²) in [5, 5.41) is 0. The van der Waals surface area contributed by atoms with E-state index < -0.39 is 0 Å². The van der Waals surface area contributed by atoms with Crippen molar-refractivity contribution in [1.82, 2.24) is 3.94 Å². The van der Waals surface area contributed by atoms with E-state index >= 15 is 0 Å². The van der Waals surface area contributed by atoms with Gasteiger partial charge in [-0.15, -0.1) is 3.94 Å². The summed E-state index contributed by atoms with van der Waals surface area (Å²) in [5.74, 6) is 0. The largest absolute Gasteiger partial charge is 0.120 e. The average molecular weight is 252 g/mol. The van der Waals surface area contributed by atoms with E-state index in [4.69, 9.17) is 23.6 Å². The number of allylic oxidation sites excluding steroid dienone is 2. The lowest BCUT2D eigenvalue weighted by molar-refractivity contribution is 0.659. The Labute approximate surface area is 106 Å². The zero-order chi connectivity index (χ0) is 11.4. The van der Waals surface area contributed by atoms with Crippen LogP contribution in [0.4, 0.5) is 0 Å². The molecule has 0 aliphatic heterocycles. The van der Waals surface area contributed by atoms with Crippen LogP contribution in [0.25, 0.3) is 6.08 Å². The van der Waals surface area contributed by atoms with Crippen LogP contribution in [0.15, 0.2) is 60.2 Å². The maximum absolute atomic E-state index is 5.79. The van der Waals surface area contributed by atoms with E-state index in [2.05, 4.69) is 6.08 Å². The molecule has 0 saturated heterocycles. The first-order chi connectivity index (χ1) is 7.77. The zero-order valence-corrected chi connectivity index (χ0v) is 10.1. The maximum atomic E-state index is 5.79. The van der Waals surface area contributed by atoms with Crippen molar-refractivity contribution < 1.29 is 0 Å². The highest BCUT2D eigenvalue weighted by molar-refractivity contribution is 6.34. The number of nitrogens with zero attached hydrogens (tertiary/aromatic N) is 1. The lowest BCUT2D eigenvalue weighted by Gasteiger charge is -2.19. The highest BCUT2D eigenvalue weighted by atomic mass is 35.5. The maximum Gasteiger partial charge on any atom is 0.0849 e. The molecule has 1 aliphatic carbocycles. The van der Waals surface area contributed by atoms with Gasteiger partial charge in [0.05, 0.1) is 6.04 Å². The summed E-state index contributed by atoms with van der Waals surface area (Å²) in [7, 11) is 0. The molecule has 2 rings (SSSR count). The third-order valence-electron chi connectivity index (χ3n) is 2.38. The van der Waals surface area contributed by atoms with Crippen LogP contribution in [-0.2, 0) is 0 Å². The van der Waals surface area contributed by atoms with Crippen LogP contribution < -0.4 is 0 Å². The van der Waals surface area contributed by atoms with Gasteiger partial charge in [0.1, 0.15) is 0 Å². The SMILES string of the molecule is ClN(Cl)C1C=CC=CC1=Cc1ccccc1. The van der Waals surface area contributed by atoms with Crippen molar-refractivity contribution in [1.29, 1.82) is 0 Å². The molecule has 0 radical (unpaired) electrons. The van der Waals surface area contributed by atoms with Crippen LogP contribution in [0.1, 0.15) is 5.56 Å². The quantitative estimate of drug-likeness (QED) is 0.714. The Balaban J connectivity index is 2.29. The Morgan fingerprint density at radius 1 is 1.06 bits per heavy atom. The minimum atomic E-state index is -0.0893. The summed E-state index contributed by atoms with van der Waals surface area (Å²) in [6.07, 6.45) is 9.94. The Morgan fingerprint density at radius 2 is 1.81 bits per heavy atom. The Hall–Kier alpha value is -1.02. The second-order valence-corrected chi connectivity index (χ2v) is 4.40. The van der Waals surface area contributed by atoms with Gasteiger partial charge < -0.3 is 0 Å². The van der Waals surface area contributed by atoms with Gasteiger partial charge in [-0.05, 0) is 40.8 Å². The summed E-state index contributed by atoms with van der Waals surface area (Å²) < 4.78 is 1.16. The normalized spacial score (nSPS) is 21.9. The second-order valence-electron chi connectivity index (χ2n) is 3.50. The topological polar surface area (TPSA) is 3.24 Å². The fourth-order valence-electron chi connectivity index (χ4n) is 1.60. The second kappa shape index (κ2) is 5.35. The molecule has 0 heterocycles. The first-order valence-corrected chi connectivity index (χ1v) is 5.67. The number of rotatable bonds is 2. The van der Waals surface area contributed by atoms with Crippen molar-refractivity contribution >= 4 is 29.6 Å². The molecular weight excluding hydrogens is 241 g/mol. The molecule has 1 atom stereocenters. The highest BCUT2D eigenvalue weighted by Gasteiger charge is 2.16. The van der Waals surface area contributed by atoms with Gasteiger partial charge in [-0.1, -0.05) is 54.6 Å². The van der Waals surface area contributed by atoms with Crippen molar-refractivity contribution in [3.63, 3.8) is 0 Å². The molecule has 0 spiro atoms. The van der Waals surface area contributed by atoms with E-state index in [-0.39, 0.29) is 6.04 Å². The predicted molar refractivity (Wildman–Crippen MR) is 70.0 cm³/mol. The fourth-order valence-corrected chi connectivity index (χ4v) is 1.95. The fraction of sp³-hybridized carbons (Fsp3) is 0.0769. The van der Waals surface area contributed by atoms with Crippen LogP contribution in [0, 0.1) is 0 Å². The number of hydrogen-bond donors (Lipinski definition) is 0. The highest BCUT2D eigenvalue weighted by Crippen LogP contribution is 2.23. The van der Waals surface area contributed by atoms with Crippen molar-refractivity contribution in [3.8, 4) is 0 Å². The molecule has 16 heavy (non-hydrogen) atoms.